The average molecular weight is 469 g/mol. The Kier molecular flexibility index (Phi) is 6.85. The van der Waals surface area contributed by atoms with Gasteiger partial charge < -0.3 is 10.4 Å². The minimum Gasteiger partial charge on any atom is -0.393 e. The maximum Gasteiger partial charge on any atom is 0.202 e. The second-order valence-electron chi connectivity index (χ2n) is 6.08. The molecule has 2 heterocycles. The van der Waals surface area contributed by atoms with E-state index in [0.29, 0.717) is 30.9 Å². The van der Waals surface area contributed by atoms with Crippen LogP contribution < -0.4 is 10.8 Å². The first-order chi connectivity index (χ1) is 14.0. The Bertz CT molecular complexity index is 990. The SMILES string of the molecule is CC(O)Cc1cn(CCNc2nonc2C(=Nc2ccc(F)c(Br)c2)NO)nn1. The summed E-state index contributed by atoms with van der Waals surface area (Å²) in [5.41, 5.74) is 3.14. The van der Waals surface area contributed by atoms with E-state index in [1.165, 1.54) is 18.2 Å². The zero-order valence-electron chi connectivity index (χ0n) is 15.2. The van der Waals surface area contributed by atoms with Gasteiger partial charge in [-0.2, -0.15) is 0 Å². The third kappa shape index (κ3) is 5.56. The van der Waals surface area contributed by atoms with E-state index in [2.05, 4.69) is 46.9 Å². The number of benzene rings is 1. The lowest BCUT2D eigenvalue weighted by Crippen LogP contribution is -2.22. The first-order valence-corrected chi connectivity index (χ1v) is 9.33. The molecule has 0 radical (unpaired) electrons. The number of hydrogen-bond donors (Lipinski definition) is 4. The second-order valence-corrected chi connectivity index (χ2v) is 6.94. The fourth-order valence-electron chi connectivity index (χ4n) is 2.41. The number of nitrogens with one attached hydrogen (secondary N) is 2. The highest BCUT2D eigenvalue weighted by Gasteiger charge is 2.16. The van der Waals surface area contributed by atoms with Gasteiger partial charge in [-0.3, -0.25) is 15.4 Å². The maximum atomic E-state index is 13.4. The van der Waals surface area contributed by atoms with E-state index in [-0.39, 0.29) is 21.8 Å². The van der Waals surface area contributed by atoms with Crippen molar-refractivity contribution in [3.8, 4) is 0 Å². The number of halogens is 2. The predicted octanol–water partition coefficient (Wildman–Crippen LogP) is 1.66. The van der Waals surface area contributed by atoms with Crippen molar-refractivity contribution >= 4 is 33.3 Å². The third-order valence-electron chi connectivity index (χ3n) is 3.69. The van der Waals surface area contributed by atoms with Gasteiger partial charge in [-0.15, -0.1) is 5.10 Å². The van der Waals surface area contributed by atoms with Gasteiger partial charge in [0.2, 0.25) is 5.82 Å². The smallest absolute Gasteiger partial charge is 0.202 e. The molecular weight excluding hydrogens is 451 g/mol. The molecule has 11 nitrogen and oxygen atoms in total. The van der Waals surface area contributed by atoms with Crippen molar-refractivity contribution in [1.29, 1.82) is 0 Å². The summed E-state index contributed by atoms with van der Waals surface area (Å²) in [6.07, 6.45) is 1.67. The minimum atomic E-state index is -0.493. The van der Waals surface area contributed by atoms with Crippen LogP contribution in [0.1, 0.15) is 18.3 Å². The summed E-state index contributed by atoms with van der Waals surface area (Å²) < 4.78 is 20.0. The summed E-state index contributed by atoms with van der Waals surface area (Å²) in [7, 11) is 0. The predicted molar refractivity (Wildman–Crippen MR) is 103 cm³/mol. The van der Waals surface area contributed by atoms with Gasteiger partial charge in [0.1, 0.15) is 5.82 Å². The zero-order valence-corrected chi connectivity index (χ0v) is 16.8. The Morgan fingerprint density at radius 2 is 2.24 bits per heavy atom. The van der Waals surface area contributed by atoms with Gasteiger partial charge in [0, 0.05) is 19.2 Å². The van der Waals surface area contributed by atoms with Crippen LogP contribution in [-0.2, 0) is 13.0 Å². The topological polar surface area (TPSA) is 147 Å². The lowest BCUT2D eigenvalue weighted by molar-refractivity contribution is 0.194. The van der Waals surface area contributed by atoms with E-state index in [0.717, 1.165) is 0 Å². The van der Waals surface area contributed by atoms with Crippen LogP contribution in [-0.4, -0.2) is 54.1 Å². The minimum absolute atomic E-state index is 0.0350. The lowest BCUT2D eigenvalue weighted by atomic mass is 10.2. The number of hydrogen-bond acceptors (Lipinski definition) is 9. The summed E-state index contributed by atoms with van der Waals surface area (Å²) in [6, 6.07) is 4.12. The summed E-state index contributed by atoms with van der Waals surface area (Å²) in [5.74, 6) is -0.222. The molecule has 4 N–H and O–H groups in total. The molecule has 0 aliphatic heterocycles. The quantitative estimate of drug-likeness (QED) is 0.220. The zero-order chi connectivity index (χ0) is 20.8. The molecule has 0 bridgehead atoms. The third-order valence-corrected chi connectivity index (χ3v) is 4.29. The monoisotopic (exact) mass is 468 g/mol. The molecule has 0 spiro atoms. The number of aliphatic hydroxyl groups excluding tert-OH is 1. The normalized spacial score (nSPS) is 12.8. The molecule has 0 saturated heterocycles. The molecular formula is C16H18BrFN8O3. The Labute approximate surface area is 172 Å². The fraction of sp³-hybridized carbons (Fsp3) is 0.312. The largest absolute Gasteiger partial charge is 0.393 e. The van der Waals surface area contributed by atoms with Crippen LogP contribution in [0.15, 0.2) is 38.5 Å². The highest BCUT2D eigenvalue weighted by Crippen LogP contribution is 2.23. The molecule has 154 valence electrons. The van der Waals surface area contributed by atoms with Gasteiger partial charge in [-0.05, 0) is 51.4 Å². The maximum absolute atomic E-state index is 13.4. The van der Waals surface area contributed by atoms with Gasteiger partial charge in [-0.25, -0.2) is 14.0 Å². The molecule has 1 unspecified atom stereocenters. The van der Waals surface area contributed by atoms with Crippen LogP contribution in [0.5, 0.6) is 0 Å². The van der Waals surface area contributed by atoms with Crippen LogP contribution in [0.3, 0.4) is 0 Å². The Hall–Kier alpha value is -2.90. The van der Waals surface area contributed by atoms with Crippen molar-refractivity contribution in [2.45, 2.75) is 26.0 Å². The standard InChI is InChI=1S/C16H18BrFN8O3/c1-9(27)6-11-8-26(25-21-11)5-4-19-15-14(23-29-24-15)16(22-28)20-10-2-3-13(18)12(17)7-10/h2-3,7-9,27-28H,4-6H2,1H3,(H,19,24)(H,20,22). The van der Waals surface area contributed by atoms with Crippen LogP contribution >= 0.6 is 15.9 Å². The van der Waals surface area contributed by atoms with E-state index < -0.39 is 11.9 Å². The van der Waals surface area contributed by atoms with Crippen LogP contribution in [0, 0.1) is 5.82 Å². The van der Waals surface area contributed by atoms with E-state index in [1.54, 1.807) is 17.8 Å². The Balaban J connectivity index is 1.66. The van der Waals surface area contributed by atoms with Crippen molar-refractivity contribution in [3.63, 3.8) is 0 Å². The van der Waals surface area contributed by atoms with Crippen LogP contribution in [0.25, 0.3) is 0 Å². The molecule has 0 amide bonds. The van der Waals surface area contributed by atoms with Gasteiger partial charge >= 0.3 is 0 Å². The molecule has 0 fully saturated rings. The van der Waals surface area contributed by atoms with Gasteiger partial charge in [-0.1, -0.05) is 5.21 Å². The first-order valence-electron chi connectivity index (χ1n) is 8.54. The molecule has 3 rings (SSSR count). The lowest BCUT2D eigenvalue weighted by Gasteiger charge is -2.06. The molecule has 13 heteroatoms. The van der Waals surface area contributed by atoms with Crippen LogP contribution in [0.4, 0.5) is 15.9 Å². The van der Waals surface area contributed by atoms with Crippen molar-refractivity contribution in [1.82, 2.24) is 30.8 Å². The second kappa shape index (κ2) is 9.54. The van der Waals surface area contributed by atoms with Crippen LogP contribution in [0.2, 0.25) is 0 Å². The van der Waals surface area contributed by atoms with Crippen molar-refractivity contribution < 1.29 is 19.3 Å². The van der Waals surface area contributed by atoms with E-state index in [9.17, 15) is 14.7 Å². The summed E-state index contributed by atoms with van der Waals surface area (Å²) in [6.45, 7) is 2.54. The van der Waals surface area contributed by atoms with Gasteiger partial charge in [0.25, 0.3) is 0 Å². The number of nitrogens with zero attached hydrogens (tertiary/aromatic N) is 6. The number of hydroxylamine groups is 1. The highest BCUT2D eigenvalue weighted by atomic mass is 79.9. The molecule has 1 aromatic carbocycles. The van der Waals surface area contributed by atoms with E-state index in [4.69, 9.17) is 4.63 Å². The molecule has 1 atom stereocenters. The molecule has 2 aromatic heterocycles. The molecule has 0 aliphatic rings. The van der Waals surface area contributed by atoms with E-state index in [1.807, 2.05) is 5.48 Å². The molecule has 29 heavy (non-hydrogen) atoms. The highest BCUT2D eigenvalue weighted by molar-refractivity contribution is 9.10. The molecule has 0 saturated carbocycles. The molecule has 3 aromatic rings. The number of aliphatic imine (C=N–C) groups is 1. The molecule has 0 aliphatic carbocycles. The summed E-state index contributed by atoms with van der Waals surface area (Å²) >= 11 is 3.08. The summed E-state index contributed by atoms with van der Waals surface area (Å²) in [5, 5.41) is 37.3. The summed E-state index contributed by atoms with van der Waals surface area (Å²) in [4.78, 5) is 4.18. The van der Waals surface area contributed by atoms with Crippen molar-refractivity contribution in [2.75, 3.05) is 11.9 Å². The van der Waals surface area contributed by atoms with E-state index >= 15 is 0 Å². The number of aliphatic hydroxyl groups is 1. The van der Waals surface area contributed by atoms with Crippen molar-refractivity contribution in [3.05, 3.63) is 46.1 Å². The Morgan fingerprint density at radius 1 is 1.41 bits per heavy atom. The number of anilines is 1. The van der Waals surface area contributed by atoms with Crippen molar-refractivity contribution in [2.24, 2.45) is 4.99 Å². The number of amidine groups is 1. The number of rotatable bonds is 8. The average Bonchev–Trinajstić information content (AvgIpc) is 3.32. The van der Waals surface area contributed by atoms with Gasteiger partial charge in [0.05, 0.1) is 28.5 Å². The fourth-order valence-corrected chi connectivity index (χ4v) is 2.77. The van der Waals surface area contributed by atoms with Gasteiger partial charge in [0.15, 0.2) is 11.5 Å². The Morgan fingerprint density at radius 3 is 2.97 bits per heavy atom. The first kappa shape index (κ1) is 20.8. The number of aromatic nitrogens is 5.